The first-order valence-electron chi connectivity index (χ1n) is 7.30. The predicted octanol–water partition coefficient (Wildman–Crippen LogP) is 3.18. The number of hydrogen-bond acceptors (Lipinski definition) is 4. The van der Waals surface area contributed by atoms with Crippen LogP contribution in [0.25, 0.3) is 10.8 Å². The summed E-state index contributed by atoms with van der Waals surface area (Å²) in [6, 6.07) is 9.56. The van der Waals surface area contributed by atoms with E-state index < -0.39 is 5.91 Å². The summed E-state index contributed by atoms with van der Waals surface area (Å²) >= 11 is 11.8. The fraction of sp³-hybridized carbons (Fsp3) is 0.188. The van der Waals surface area contributed by atoms with E-state index in [1.54, 1.807) is 13.0 Å². The van der Waals surface area contributed by atoms with Gasteiger partial charge in [0, 0.05) is 10.9 Å². The Morgan fingerprint density at radius 2 is 1.88 bits per heavy atom. The van der Waals surface area contributed by atoms with Gasteiger partial charge in [0.2, 0.25) is 5.91 Å². The molecule has 6 nitrogen and oxygen atoms in total. The number of nitrogens with one attached hydrogen (secondary N) is 3. The van der Waals surface area contributed by atoms with Crippen molar-refractivity contribution in [3.8, 4) is 5.75 Å². The summed E-state index contributed by atoms with van der Waals surface area (Å²) in [7, 11) is 0. The topological polar surface area (TPSA) is 79.5 Å². The lowest BCUT2D eigenvalue weighted by Gasteiger charge is -2.12. The highest BCUT2D eigenvalue weighted by Gasteiger charge is 2.10. The number of hydrogen-bond donors (Lipinski definition) is 3. The SMILES string of the molecule is CCC(=O)NC(=S)NNC(=O)COc1ccc2cc(Br)ccc2c1Br. The van der Waals surface area contributed by atoms with Crippen molar-refractivity contribution < 1.29 is 14.3 Å². The number of benzene rings is 2. The van der Waals surface area contributed by atoms with Crippen LogP contribution in [0.4, 0.5) is 0 Å². The zero-order chi connectivity index (χ0) is 18.4. The molecule has 0 atom stereocenters. The first-order valence-corrected chi connectivity index (χ1v) is 9.29. The van der Waals surface area contributed by atoms with E-state index in [0.29, 0.717) is 12.2 Å². The molecule has 25 heavy (non-hydrogen) atoms. The molecular formula is C16H15Br2N3O3S. The maximum absolute atomic E-state index is 11.8. The summed E-state index contributed by atoms with van der Waals surface area (Å²) in [6.07, 6.45) is 0.297. The fourth-order valence-corrected chi connectivity index (χ4v) is 3.06. The molecule has 0 aliphatic carbocycles. The summed E-state index contributed by atoms with van der Waals surface area (Å²) in [5.74, 6) is -0.127. The van der Waals surface area contributed by atoms with Crippen molar-refractivity contribution in [1.29, 1.82) is 0 Å². The van der Waals surface area contributed by atoms with E-state index in [9.17, 15) is 9.59 Å². The van der Waals surface area contributed by atoms with Gasteiger partial charge in [-0.1, -0.05) is 35.0 Å². The number of rotatable bonds is 4. The molecule has 0 aromatic heterocycles. The summed E-state index contributed by atoms with van der Waals surface area (Å²) in [5, 5.41) is 4.45. The van der Waals surface area contributed by atoms with E-state index in [4.69, 9.17) is 17.0 Å². The lowest BCUT2D eigenvalue weighted by atomic mass is 10.1. The Balaban J connectivity index is 1.90. The Kier molecular flexibility index (Phi) is 7.15. The number of thiocarbonyl (C=S) groups is 1. The van der Waals surface area contributed by atoms with Gasteiger partial charge in [0.25, 0.3) is 5.91 Å². The van der Waals surface area contributed by atoms with Crippen LogP contribution in [0.15, 0.2) is 39.3 Å². The van der Waals surface area contributed by atoms with Gasteiger partial charge in [0.05, 0.1) is 4.47 Å². The molecule has 132 valence electrons. The molecule has 2 amide bonds. The fourth-order valence-electron chi connectivity index (χ4n) is 1.91. The highest BCUT2D eigenvalue weighted by Crippen LogP contribution is 2.34. The third-order valence-corrected chi connectivity index (χ3v) is 4.64. The van der Waals surface area contributed by atoms with Crippen LogP contribution in [0.3, 0.4) is 0 Å². The van der Waals surface area contributed by atoms with Crippen LogP contribution in [0.2, 0.25) is 0 Å². The molecule has 0 unspecified atom stereocenters. The Labute approximate surface area is 166 Å². The van der Waals surface area contributed by atoms with E-state index in [-0.39, 0.29) is 17.6 Å². The quantitative estimate of drug-likeness (QED) is 0.455. The third kappa shape index (κ3) is 5.65. The third-order valence-electron chi connectivity index (χ3n) is 3.13. The highest BCUT2D eigenvalue weighted by molar-refractivity contribution is 9.11. The van der Waals surface area contributed by atoms with E-state index in [1.165, 1.54) is 0 Å². The number of hydrazine groups is 1. The Morgan fingerprint density at radius 1 is 1.12 bits per heavy atom. The van der Waals surface area contributed by atoms with Gasteiger partial charge in [0.1, 0.15) is 5.75 Å². The smallest absolute Gasteiger partial charge is 0.276 e. The molecule has 0 heterocycles. The van der Waals surface area contributed by atoms with E-state index in [0.717, 1.165) is 19.7 Å². The molecule has 0 saturated heterocycles. The monoisotopic (exact) mass is 487 g/mol. The first-order chi connectivity index (χ1) is 11.9. The normalized spacial score (nSPS) is 10.2. The second kappa shape index (κ2) is 9.12. The van der Waals surface area contributed by atoms with Crippen LogP contribution in [-0.4, -0.2) is 23.5 Å². The van der Waals surface area contributed by atoms with Crippen molar-refractivity contribution in [3.63, 3.8) is 0 Å². The van der Waals surface area contributed by atoms with Crippen molar-refractivity contribution in [3.05, 3.63) is 39.3 Å². The van der Waals surface area contributed by atoms with Gasteiger partial charge in [0.15, 0.2) is 11.7 Å². The molecule has 2 rings (SSSR count). The minimum Gasteiger partial charge on any atom is -0.483 e. The van der Waals surface area contributed by atoms with Gasteiger partial charge >= 0.3 is 0 Å². The lowest BCUT2D eigenvalue weighted by Crippen LogP contribution is -2.49. The molecule has 2 aromatic rings. The van der Waals surface area contributed by atoms with Gasteiger partial charge in [-0.05, 0) is 57.1 Å². The van der Waals surface area contributed by atoms with Crippen molar-refractivity contribution in [1.82, 2.24) is 16.2 Å². The summed E-state index contributed by atoms with van der Waals surface area (Å²) < 4.78 is 7.28. The number of halogens is 2. The molecule has 0 fully saturated rings. The summed E-state index contributed by atoms with van der Waals surface area (Å²) in [6.45, 7) is 1.49. The lowest BCUT2D eigenvalue weighted by molar-refractivity contribution is -0.124. The van der Waals surface area contributed by atoms with Gasteiger partial charge in [-0.25, -0.2) is 0 Å². The van der Waals surface area contributed by atoms with E-state index in [1.807, 2.05) is 24.3 Å². The molecule has 0 bridgehead atoms. The Hall–Kier alpha value is -1.71. The minimum atomic E-state index is -0.434. The van der Waals surface area contributed by atoms with Crippen LogP contribution in [0.5, 0.6) is 5.75 Å². The molecule has 0 radical (unpaired) electrons. The van der Waals surface area contributed by atoms with Crippen molar-refractivity contribution in [2.24, 2.45) is 0 Å². The largest absolute Gasteiger partial charge is 0.483 e. The molecule has 3 N–H and O–H groups in total. The second-order valence-corrected chi connectivity index (χ2v) is 7.05. The molecule has 0 saturated carbocycles. The van der Waals surface area contributed by atoms with Crippen molar-refractivity contribution in [2.45, 2.75) is 13.3 Å². The van der Waals surface area contributed by atoms with Crippen LogP contribution in [0, 0.1) is 0 Å². The zero-order valence-corrected chi connectivity index (χ0v) is 17.2. The predicted molar refractivity (Wildman–Crippen MR) is 107 cm³/mol. The molecular weight excluding hydrogens is 474 g/mol. The maximum atomic E-state index is 11.8. The summed E-state index contributed by atoms with van der Waals surface area (Å²) in [5.41, 5.74) is 4.79. The van der Waals surface area contributed by atoms with Crippen LogP contribution >= 0.6 is 44.1 Å². The van der Waals surface area contributed by atoms with Gasteiger partial charge in [-0.15, -0.1) is 0 Å². The second-order valence-electron chi connectivity index (χ2n) is 4.94. The van der Waals surface area contributed by atoms with Crippen LogP contribution < -0.4 is 20.9 Å². The molecule has 0 spiro atoms. The average molecular weight is 489 g/mol. The zero-order valence-electron chi connectivity index (χ0n) is 13.2. The minimum absolute atomic E-state index is 0.0256. The highest BCUT2D eigenvalue weighted by atomic mass is 79.9. The maximum Gasteiger partial charge on any atom is 0.276 e. The summed E-state index contributed by atoms with van der Waals surface area (Å²) in [4.78, 5) is 23.0. The number of carbonyl (C=O) groups excluding carboxylic acids is 2. The van der Waals surface area contributed by atoms with Gasteiger partial charge < -0.3 is 10.1 Å². The molecule has 0 aliphatic rings. The molecule has 9 heteroatoms. The van der Waals surface area contributed by atoms with Gasteiger partial charge in [-0.2, -0.15) is 0 Å². The number of fused-ring (bicyclic) bond motifs is 1. The van der Waals surface area contributed by atoms with Crippen LogP contribution in [-0.2, 0) is 9.59 Å². The van der Waals surface area contributed by atoms with E-state index >= 15 is 0 Å². The Bertz CT molecular complexity index is 830. The Morgan fingerprint density at radius 3 is 2.60 bits per heavy atom. The average Bonchev–Trinajstić information content (AvgIpc) is 2.59. The molecule has 2 aromatic carbocycles. The first kappa shape index (κ1) is 19.6. The molecule has 0 aliphatic heterocycles. The number of ether oxygens (including phenoxy) is 1. The number of amides is 2. The standard InChI is InChI=1S/C16H15Br2N3O3S/c1-2-13(22)19-16(25)21-20-14(23)8-24-12-6-3-9-7-10(17)4-5-11(9)15(12)18/h3-7H,2,8H2,1H3,(H,20,23)(H2,19,21,22,25). The van der Waals surface area contributed by atoms with E-state index in [2.05, 4.69) is 48.0 Å². The van der Waals surface area contributed by atoms with Crippen molar-refractivity contribution in [2.75, 3.05) is 6.61 Å². The van der Waals surface area contributed by atoms with Gasteiger partial charge in [-0.3, -0.25) is 20.4 Å². The van der Waals surface area contributed by atoms with Crippen LogP contribution in [0.1, 0.15) is 13.3 Å². The number of carbonyl (C=O) groups is 2. The van der Waals surface area contributed by atoms with Crippen molar-refractivity contribution >= 4 is 71.8 Å².